The number of benzene rings is 1. The van der Waals surface area contributed by atoms with Crippen LogP contribution in [0.2, 0.25) is 0 Å². The summed E-state index contributed by atoms with van der Waals surface area (Å²) in [5.74, 6) is -0.597. The minimum atomic E-state index is -3.08. The Hall–Kier alpha value is -2.39. The molecule has 1 atom stereocenters. The lowest BCUT2D eigenvalue weighted by atomic mass is 10.2. The lowest BCUT2D eigenvalue weighted by Crippen LogP contribution is -2.44. The molecule has 0 saturated carbocycles. The largest absolute Gasteiger partial charge is 0.351 e. The van der Waals surface area contributed by atoms with Gasteiger partial charge in [-0.15, -0.1) is 0 Å². The van der Waals surface area contributed by atoms with Crippen molar-refractivity contribution in [2.75, 3.05) is 24.6 Å². The average molecular weight is 434 g/mol. The molecule has 0 spiro atoms. The fraction of sp³-hybridized carbons (Fsp3) is 0.350. The molecule has 0 bridgehead atoms. The molecule has 3 rings (SSSR count). The van der Waals surface area contributed by atoms with E-state index in [1.807, 2.05) is 30.3 Å². The van der Waals surface area contributed by atoms with Crippen molar-refractivity contribution in [3.8, 4) is 0 Å². The molecule has 29 heavy (non-hydrogen) atoms. The zero-order valence-corrected chi connectivity index (χ0v) is 17.7. The van der Waals surface area contributed by atoms with Crippen LogP contribution in [0.3, 0.4) is 0 Å². The molecule has 1 aliphatic heterocycles. The molecule has 154 valence electrons. The first kappa shape index (κ1) is 21.3. The second kappa shape index (κ2) is 9.41. The Labute approximate surface area is 174 Å². The van der Waals surface area contributed by atoms with E-state index in [2.05, 4.69) is 10.3 Å². The maximum atomic E-state index is 13.1. The number of sulfone groups is 1. The van der Waals surface area contributed by atoms with Crippen LogP contribution in [-0.4, -0.2) is 60.8 Å². The Bertz CT molecular complexity index is 980. The van der Waals surface area contributed by atoms with Crippen LogP contribution < -0.4 is 5.32 Å². The maximum absolute atomic E-state index is 13.1. The fourth-order valence-electron chi connectivity index (χ4n) is 3.09. The average Bonchev–Trinajstić information content (AvgIpc) is 3.05. The van der Waals surface area contributed by atoms with Gasteiger partial charge in [-0.3, -0.25) is 9.59 Å². The van der Waals surface area contributed by atoms with E-state index in [4.69, 9.17) is 0 Å². The Morgan fingerprint density at radius 1 is 1.21 bits per heavy atom. The molecule has 2 amide bonds. The summed E-state index contributed by atoms with van der Waals surface area (Å²) in [5.41, 5.74) is 0.430. The number of nitrogens with zero attached hydrogens (tertiary/aromatic N) is 2. The summed E-state index contributed by atoms with van der Waals surface area (Å²) in [5, 5.41) is 3.30. The first-order chi connectivity index (χ1) is 13.9. The topological polar surface area (TPSA) is 96.4 Å². The SMILES string of the molecule is CCN(CC(=O)NC1CCS(=O)(=O)C1)C(=O)c1cccnc1Sc1ccccc1. The van der Waals surface area contributed by atoms with Gasteiger partial charge in [-0.1, -0.05) is 30.0 Å². The Morgan fingerprint density at radius 2 is 1.97 bits per heavy atom. The number of aromatic nitrogens is 1. The quantitative estimate of drug-likeness (QED) is 0.717. The number of carbonyl (C=O) groups is 2. The molecule has 2 heterocycles. The number of carbonyl (C=O) groups excluding carboxylic acids is 2. The van der Waals surface area contributed by atoms with E-state index in [0.29, 0.717) is 23.6 Å². The van der Waals surface area contributed by atoms with Crippen LogP contribution >= 0.6 is 11.8 Å². The van der Waals surface area contributed by atoms with Crippen molar-refractivity contribution in [2.45, 2.75) is 29.3 Å². The highest BCUT2D eigenvalue weighted by molar-refractivity contribution is 7.99. The van der Waals surface area contributed by atoms with Gasteiger partial charge < -0.3 is 10.2 Å². The van der Waals surface area contributed by atoms with Gasteiger partial charge >= 0.3 is 0 Å². The van der Waals surface area contributed by atoms with E-state index in [0.717, 1.165) is 4.90 Å². The normalized spacial score (nSPS) is 17.6. The third-order valence-electron chi connectivity index (χ3n) is 4.56. The summed E-state index contributed by atoms with van der Waals surface area (Å²) in [6.45, 7) is 2.02. The van der Waals surface area contributed by atoms with E-state index >= 15 is 0 Å². The summed E-state index contributed by atoms with van der Waals surface area (Å²) < 4.78 is 23.1. The number of hydrogen-bond acceptors (Lipinski definition) is 6. The summed E-state index contributed by atoms with van der Waals surface area (Å²) in [4.78, 5) is 32.2. The van der Waals surface area contributed by atoms with Crippen LogP contribution in [0.1, 0.15) is 23.7 Å². The van der Waals surface area contributed by atoms with Crippen molar-refractivity contribution >= 4 is 33.4 Å². The van der Waals surface area contributed by atoms with Crippen LogP contribution in [0.4, 0.5) is 0 Å². The van der Waals surface area contributed by atoms with Crippen LogP contribution in [0.15, 0.2) is 58.6 Å². The van der Waals surface area contributed by atoms with Crippen LogP contribution in [0.25, 0.3) is 0 Å². The molecule has 7 nitrogen and oxygen atoms in total. The molecule has 1 fully saturated rings. The van der Waals surface area contributed by atoms with Gasteiger partial charge in [0.1, 0.15) is 5.03 Å². The summed E-state index contributed by atoms with van der Waals surface area (Å²) >= 11 is 1.39. The monoisotopic (exact) mass is 433 g/mol. The van der Waals surface area contributed by atoms with Gasteiger partial charge in [0.2, 0.25) is 5.91 Å². The molecule has 1 aliphatic rings. The van der Waals surface area contributed by atoms with Crippen molar-refractivity contribution in [1.82, 2.24) is 15.2 Å². The predicted octanol–water partition coefficient (Wildman–Crippen LogP) is 2.00. The van der Waals surface area contributed by atoms with Crippen LogP contribution in [-0.2, 0) is 14.6 Å². The third kappa shape index (κ3) is 5.80. The molecule has 1 saturated heterocycles. The molecule has 2 aromatic rings. The van der Waals surface area contributed by atoms with Gasteiger partial charge in [-0.2, -0.15) is 0 Å². The number of amides is 2. The van der Waals surface area contributed by atoms with Crippen molar-refractivity contribution in [2.24, 2.45) is 0 Å². The Kier molecular flexibility index (Phi) is 6.92. The standard InChI is InChI=1S/C20H23N3O4S2/c1-2-23(13-18(24)22-15-10-12-29(26,27)14-15)20(25)17-9-6-11-21-19(17)28-16-7-4-3-5-8-16/h3-9,11,15H,2,10,12-14H2,1H3,(H,22,24). The van der Waals surface area contributed by atoms with E-state index in [1.165, 1.54) is 16.7 Å². The highest BCUT2D eigenvalue weighted by Crippen LogP contribution is 2.29. The number of rotatable bonds is 7. The Balaban J connectivity index is 1.68. The molecular weight excluding hydrogens is 410 g/mol. The summed E-state index contributed by atoms with van der Waals surface area (Å²) in [7, 11) is -3.08. The zero-order chi connectivity index (χ0) is 20.9. The third-order valence-corrected chi connectivity index (χ3v) is 7.35. The van der Waals surface area contributed by atoms with Gasteiger partial charge in [-0.25, -0.2) is 13.4 Å². The molecule has 1 unspecified atom stereocenters. The number of hydrogen-bond donors (Lipinski definition) is 1. The maximum Gasteiger partial charge on any atom is 0.257 e. The van der Waals surface area contributed by atoms with Crippen LogP contribution in [0, 0.1) is 0 Å². The second-order valence-electron chi connectivity index (χ2n) is 6.76. The minimum Gasteiger partial charge on any atom is -0.351 e. The molecule has 0 aliphatic carbocycles. The van der Waals surface area contributed by atoms with Gasteiger partial charge in [0, 0.05) is 23.7 Å². The van der Waals surface area contributed by atoms with Crippen LogP contribution in [0.5, 0.6) is 0 Å². The summed E-state index contributed by atoms with van der Waals surface area (Å²) in [6, 6.07) is 12.6. The highest BCUT2D eigenvalue weighted by Gasteiger charge is 2.29. The number of likely N-dealkylation sites (N-methyl/N-ethyl adjacent to an activating group) is 1. The zero-order valence-electron chi connectivity index (χ0n) is 16.1. The first-order valence-electron chi connectivity index (χ1n) is 9.35. The molecule has 1 aromatic carbocycles. The Morgan fingerprint density at radius 3 is 2.62 bits per heavy atom. The number of pyridine rings is 1. The van der Waals surface area contributed by atoms with Gasteiger partial charge in [0.05, 0.1) is 23.6 Å². The molecule has 9 heteroatoms. The minimum absolute atomic E-state index is 0.0424. The van der Waals surface area contributed by atoms with E-state index in [1.54, 1.807) is 25.3 Å². The van der Waals surface area contributed by atoms with Crippen molar-refractivity contribution in [1.29, 1.82) is 0 Å². The molecule has 1 N–H and O–H groups in total. The van der Waals surface area contributed by atoms with Gasteiger partial charge in [0.25, 0.3) is 5.91 Å². The molecule has 1 aromatic heterocycles. The van der Waals surface area contributed by atoms with E-state index < -0.39 is 9.84 Å². The van der Waals surface area contributed by atoms with Gasteiger partial charge in [-0.05, 0) is 37.6 Å². The highest BCUT2D eigenvalue weighted by atomic mass is 32.2. The molecular formula is C20H23N3O4S2. The predicted molar refractivity (Wildman–Crippen MR) is 112 cm³/mol. The van der Waals surface area contributed by atoms with E-state index in [-0.39, 0.29) is 35.9 Å². The lowest BCUT2D eigenvalue weighted by Gasteiger charge is -2.22. The van der Waals surface area contributed by atoms with Crippen molar-refractivity contribution in [3.63, 3.8) is 0 Å². The molecule has 0 radical (unpaired) electrons. The smallest absolute Gasteiger partial charge is 0.257 e. The van der Waals surface area contributed by atoms with Gasteiger partial charge in [0.15, 0.2) is 9.84 Å². The lowest BCUT2D eigenvalue weighted by molar-refractivity contribution is -0.122. The second-order valence-corrected chi connectivity index (χ2v) is 10.0. The van der Waals surface area contributed by atoms with Crippen molar-refractivity contribution < 1.29 is 18.0 Å². The van der Waals surface area contributed by atoms with E-state index in [9.17, 15) is 18.0 Å². The van der Waals surface area contributed by atoms with Crippen molar-refractivity contribution in [3.05, 3.63) is 54.2 Å². The fourth-order valence-corrected chi connectivity index (χ4v) is 5.66. The first-order valence-corrected chi connectivity index (χ1v) is 12.0. The number of nitrogens with one attached hydrogen (secondary N) is 1. The summed E-state index contributed by atoms with van der Waals surface area (Å²) in [6.07, 6.45) is 2.04.